The first-order valence-corrected chi connectivity index (χ1v) is 12.5. The van der Waals surface area contributed by atoms with Gasteiger partial charge < -0.3 is 30.7 Å². The number of piperidine rings is 1. The molecule has 2 aromatic carbocycles. The molecule has 2 heterocycles. The fourth-order valence-electron chi connectivity index (χ4n) is 4.19. The normalized spacial score (nSPS) is 18.7. The third-order valence-electron chi connectivity index (χ3n) is 6.05. The van der Waals surface area contributed by atoms with E-state index in [1.807, 2.05) is 18.2 Å². The summed E-state index contributed by atoms with van der Waals surface area (Å²) >= 11 is 7.80. The Morgan fingerprint density at radius 2 is 2.15 bits per heavy atom. The summed E-state index contributed by atoms with van der Waals surface area (Å²) < 4.78 is 12.2. The number of amides is 1. The van der Waals surface area contributed by atoms with Gasteiger partial charge in [-0.1, -0.05) is 35.1 Å². The highest BCUT2D eigenvalue weighted by Crippen LogP contribution is 2.29. The number of likely N-dealkylation sites (tertiary alicyclic amines) is 1. The van der Waals surface area contributed by atoms with Crippen LogP contribution in [-0.4, -0.2) is 68.3 Å². The summed E-state index contributed by atoms with van der Waals surface area (Å²) in [5.74, 6) is 0.144. The topological polar surface area (TPSA) is 102 Å². The van der Waals surface area contributed by atoms with Gasteiger partial charge in [0.1, 0.15) is 5.75 Å². The number of anilines is 2. The van der Waals surface area contributed by atoms with Crippen LogP contribution >= 0.6 is 22.9 Å². The number of nitrogens with zero attached hydrogens (tertiary/aromatic N) is 2. The van der Waals surface area contributed by atoms with Gasteiger partial charge in [-0.25, -0.2) is 4.98 Å². The Morgan fingerprint density at radius 3 is 2.91 bits per heavy atom. The maximum absolute atomic E-state index is 12.9. The Kier molecular flexibility index (Phi) is 8.10. The molecule has 1 fully saturated rings. The molecule has 2 unspecified atom stereocenters. The largest absolute Gasteiger partial charge is 0.496 e. The van der Waals surface area contributed by atoms with E-state index in [1.54, 1.807) is 30.6 Å². The number of benzene rings is 2. The van der Waals surface area contributed by atoms with Crippen molar-refractivity contribution in [3.63, 3.8) is 0 Å². The van der Waals surface area contributed by atoms with Crippen LogP contribution in [0.5, 0.6) is 5.75 Å². The van der Waals surface area contributed by atoms with Crippen molar-refractivity contribution in [3.05, 3.63) is 47.0 Å². The molecule has 4 rings (SSSR count). The van der Waals surface area contributed by atoms with Crippen molar-refractivity contribution in [2.24, 2.45) is 0 Å². The summed E-state index contributed by atoms with van der Waals surface area (Å²) in [4.78, 5) is 19.9. The fourth-order valence-corrected chi connectivity index (χ4v) is 5.25. The third kappa shape index (κ3) is 5.72. The summed E-state index contributed by atoms with van der Waals surface area (Å²) in [5.41, 5.74) is 7.59. The van der Waals surface area contributed by atoms with Crippen molar-refractivity contribution in [2.45, 2.75) is 25.0 Å². The number of rotatable bonds is 9. The number of nitrogens with one attached hydrogen (secondary N) is 2. The molecule has 1 aliphatic heterocycles. The van der Waals surface area contributed by atoms with E-state index < -0.39 is 0 Å². The number of aromatic nitrogens is 1. The minimum Gasteiger partial charge on any atom is -0.496 e. The molecular formula is C24H30ClN5O3S. The monoisotopic (exact) mass is 503 g/mol. The zero-order valence-electron chi connectivity index (χ0n) is 19.3. The maximum atomic E-state index is 12.9. The van der Waals surface area contributed by atoms with E-state index in [4.69, 9.17) is 26.8 Å². The standard InChI is InChI=1S/C24H30ClN5O3S/c1-32-20-13-17(26)16(25)12-15(20)23(31)28-18-8-11-30(14-21(18)33-2)10-5-9-27-24-29-19-6-3-4-7-22(19)34-24/h3-4,6-7,12-13,18,21H,5,8-11,14,26H2,1-2H3,(H,27,29)(H,28,31). The van der Waals surface area contributed by atoms with Gasteiger partial charge in [0.15, 0.2) is 5.13 Å². The second-order valence-corrected chi connectivity index (χ2v) is 9.72. The first-order chi connectivity index (χ1) is 16.5. The molecule has 8 nitrogen and oxygen atoms in total. The molecule has 0 saturated carbocycles. The second-order valence-electron chi connectivity index (χ2n) is 8.28. The van der Waals surface area contributed by atoms with Crippen molar-refractivity contribution in [1.29, 1.82) is 0 Å². The minimum absolute atomic E-state index is 0.101. The lowest BCUT2D eigenvalue weighted by atomic mass is 10.0. The highest BCUT2D eigenvalue weighted by molar-refractivity contribution is 7.22. The Balaban J connectivity index is 1.26. The fraction of sp³-hybridized carbons (Fsp3) is 0.417. The van der Waals surface area contributed by atoms with Crippen molar-refractivity contribution in [1.82, 2.24) is 15.2 Å². The average Bonchev–Trinajstić information content (AvgIpc) is 3.26. The number of methoxy groups -OCH3 is 2. The number of nitrogen functional groups attached to an aromatic ring is 1. The molecule has 0 radical (unpaired) electrons. The smallest absolute Gasteiger partial charge is 0.255 e. The molecule has 3 aromatic rings. The number of carbonyl (C=O) groups excluding carboxylic acids is 1. The Hall–Kier alpha value is -2.59. The molecule has 0 bridgehead atoms. The summed E-state index contributed by atoms with van der Waals surface area (Å²) in [6.07, 6.45) is 1.68. The molecule has 182 valence electrons. The van der Waals surface area contributed by atoms with Gasteiger partial charge in [0.2, 0.25) is 0 Å². The van der Waals surface area contributed by atoms with Crippen LogP contribution in [0.2, 0.25) is 5.02 Å². The van der Waals surface area contributed by atoms with Crippen molar-refractivity contribution in [3.8, 4) is 5.75 Å². The summed E-state index contributed by atoms with van der Waals surface area (Å²) in [6.45, 7) is 3.43. The van der Waals surface area contributed by atoms with Crippen LogP contribution in [0, 0.1) is 0 Å². The van der Waals surface area contributed by atoms with Crippen molar-refractivity contribution in [2.75, 3.05) is 51.4 Å². The van der Waals surface area contributed by atoms with Gasteiger partial charge in [0.05, 0.1) is 45.7 Å². The number of para-hydroxylation sites is 1. The Morgan fingerprint density at radius 1 is 1.32 bits per heavy atom. The van der Waals surface area contributed by atoms with E-state index in [0.29, 0.717) is 22.0 Å². The highest BCUT2D eigenvalue weighted by Gasteiger charge is 2.31. The first-order valence-electron chi connectivity index (χ1n) is 11.3. The second kappa shape index (κ2) is 11.2. The molecule has 1 amide bonds. The SMILES string of the molecule is COc1cc(N)c(Cl)cc1C(=O)NC1CCN(CCCNc2nc3ccccc3s2)CC1OC. The molecule has 1 aromatic heterocycles. The molecular weight excluding hydrogens is 474 g/mol. The molecule has 0 spiro atoms. The number of halogens is 1. The zero-order valence-corrected chi connectivity index (χ0v) is 20.9. The average molecular weight is 504 g/mol. The zero-order chi connectivity index (χ0) is 24.1. The lowest BCUT2D eigenvalue weighted by Gasteiger charge is -2.38. The number of carbonyl (C=O) groups is 1. The molecule has 1 aliphatic rings. The van der Waals surface area contributed by atoms with Crippen LogP contribution in [-0.2, 0) is 4.74 Å². The number of nitrogens with two attached hydrogens (primary N) is 1. The lowest BCUT2D eigenvalue weighted by molar-refractivity contribution is 0.00638. The van der Waals surface area contributed by atoms with Gasteiger partial charge >= 0.3 is 0 Å². The molecule has 34 heavy (non-hydrogen) atoms. The predicted molar refractivity (Wildman–Crippen MR) is 138 cm³/mol. The molecule has 4 N–H and O–H groups in total. The van der Waals surface area contributed by atoms with Gasteiger partial charge in [-0.15, -0.1) is 0 Å². The van der Waals surface area contributed by atoms with Gasteiger partial charge in [-0.2, -0.15) is 0 Å². The summed E-state index contributed by atoms with van der Waals surface area (Å²) in [6, 6.07) is 11.2. The van der Waals surface area contributed by atoms with E-state index in [2.05, 4.69) is 26.6 Å². The lowest BCUT2D eigenvalue weighted by Crippen LogP contribution is -2.55. The highest BCUT2D eigenvalue weighted by atomic mass is 35.5. The van der Waals surface area contributed by atoms with Gasteiger partial charge in [0.25, 0.3) is 5.91 Å². The van der Waals surface area contributed by atoms with E-state index in [0.717, 1.165) is 49.7 Å². The summed E-state index contributed by atoms with van der Waals surface area (Å²) in [7, 11) is 3.18. The van der Waals surface area contributed by atoms with Gasteiger partial charge in [-0.05, 0) is 37.6 Å². The van der Waals surface area contributed by atoms with E-state index >= 15 is 0 Å². The quantitative estimate of drug-likeness (QED) is 0.301. The van der Waals surface area contributed by atoms with Crippen LogP contribution < -0.4 is 21.1 Å². The number of ether oxygens (including phenoxy) is 2. The molecule has 1 saturated heterocycles. The van der Waals surface area contributed by atoms with Gasteiger partial charge in [-0.3, -0.25) is 4.79 Å². The number of fused-ring (bicyclic) bond motifs is 1. The van der Waals surface area contributed by atoms with E-state index in [1.165, 1.54) is 11.8 Å². The van der Waals surface area contributed by atoms with Crippen LogP contribution in [0.3, 0.4) is 0 Å². The Labute approximate surface area is 208 Å². The number of hydrogen-bond donors (Lipinski definition) is 3. The van der Waals surface area contributed by atoms with E-state index in [-0.39, 0.29) is 18.1 Å². The van der Waals surface area contributed by atoms with Gasteiger partial charge in [0, 0.05) is 32.8 Å². The molecule has 0 aliphatic carbocycles. The van der Waals surface area contributed by atoms with Crippen LogP contribution in [0.15, 0.2) is 36.4 Å². The first kappa shape index (κ1) is 24.5. The van der Waals surface area contributed by atoms with E-state index in [9.17, 15) is 4.79 Å². The number of thiazole rings is 1. The maximum Gasteiger partial charge on any atom is 0.255 e. The summed E-state index contributed by atoms with van der Waals surface area (Å²) in [5, 5.41) is 7.80. The van der Waals surface area contributed by atoms with Crippen molar-refractivity contribution < 1.29 is 14.3 Å². The third-order valence-corrected chi connectivity index (χ3v) is 7.37. The molecule has 2 atom stereocenters. The van der Waals surface area contributed by atoms with Crippen molar-refractivity contribution >= 4 is 49.9 Å². The van der Waals surface area contributed by atoms with Crippen LogP contribution in [0.1, 0.15) is 23.2 Å². The Bertz CT molecular complexity index is 1110. The van der Waals surface area contributed by atoms with Crippen LogP contribution in [0.25, 0.3) is 10.2 Å². The molecule has 10 heteroatoms. The predicted octanol–water partition coefficient (Wildman–Crippen LogP) is 3.86. The minimum atomic E-state index is -0.251. The van der Waals surface area contributed by atoms with Crippen LogP contribution in [0.4, 0.5) is 10.8 Å². The number of hydrogen-bond acceptors (Lipinski definition) is 8.